The fourth-order valence-corrected chi connectivity index (χ4v) is 2.19. The molecule has 5 nitrogen and oxygen atoms in total. The molecule has 0 atom stereocenters. The number of hydrogen-bond donors (Lipinski definition) is 1. The van der Waals surface area contributed by atoms with Crippen LogP contribution in [0.15, 0.2) is 24.5 Å². The Hall–Kier alpha value is -1.69. The zero-order valence-electron chi connectivity index (χ0n) is 11.4. The predicted molar refractivity (Wildman–Crippen MR) is 73.3 cm³/mol. The van der Waals surface area contributed by atoms with Crippen LogP contribution in [0.2, 0.25) is 0 Å². The number of hydrogen-bond acceptors (Lipinski definition) is 4. The minimum atomic E-state index is -1.21. The van der Waals surface area contributed by atoms with Gasteiger partial charge in [-0.1, -0.05) is 0 Å². The van der Waals surface area contributed by atoms with Crippen molar-refractivity contribution in [1.82, 2.24) is 15.2 Å². The summed E-state index contributed by atoms with van der Waals surface area (Å²) in [5.41, 5.74) is -1.21. The molecule has 0 aromatic carbocycles. The molecule has 0 bridgehead atoms. The van der Waals surface area contributed by atoms with Crippen molar-refractivity contribution in [3.8, 4) is 5.75 Å². The Morgan fingerprint density at radius 1 is 1.40 bits per heavy atom. The molecular formula is C14H20FN3O2. The van der Waals surface area contributed by atoms with E-state index in [0.717, 1.165) is 12.2 Å². The normalized spacial score (nSPS) is 17.8. The molecule has 6 heteroatoms. The van der Waals surface area contributed by atoms with Crippen molar-refractivity contribution >= 4 is 6.41 Å². The van der Waals surface area contributed by atoms with Crippen LogP contribution in [0.5, 0.6) is 5.75 Å². The van der Waals surface area contributed by atoms with Gasteiger partial charge in [0.15, 0.2) is 0 Å². The van der Waals surface area contributed by atoms with Crippen LogP contribution in [0.4, 0.5) is 4.39 Å². The minimum Gasteiger partial charge on any atom is -0.492 e. The van der Waals surface area contributed by atoms with E-state index in [1.54, 1.807) is 29.4 Å². The molecule has 0 saturated carbocycles. The van der Waals surface area contributed by atoms with Crippen molar-refractivity contribution in [3.05, 3.63) is 24.5 Å². The zero-order chi connectivity index (χ0) is 14.3. The van der Waals surface area contributed by atoms with Gasteiger partial charge in [0.05, 0.1) is 0 Å². The van der Waals surface area contributed by atoms with E-state index in [1.165, 1.54) is 0 Å². The van der Waals surface area contributed by atoms with E-state index in [1.807, 2.05) is 0 Å². The van der Waals surface area contributed by atoms with Crippen molar-refractivity contribution in [2.45, 2.75) is 18.5 Å². The molecule has 1 fully saturated rings. The molecule has 1 N–H and O–H groups in total. The third-order valence-electron chi connectivity index (χ3n) is 3.48. The van der Waals surface area contributed by atoms with Crippen LogP contribution in [0.3, 0.4) is 0 Å². The maximum Gasteiger partial charge on any atom is 0.209 e. The lowest BCUT2D eigenvalue weighted by molar-refractivity contribution is -0.120. The number of nitrogens with zero attached hydrogens (tertiary/aromatic N) is 2. The monoisotopic (exact) mass is 281 g/mol. The number of aromatic nitrogens is 1. The lowest BCUT2D eigenvalue weighted by atomic mass is 9.93. The summed E-state index contributed by atoms with van der Waals surface area (Å²) in [4.78, 5) is 16.1. The van der Waals surface area contributed by atoms with Crippen LogP contribution >= 0.6 is 0 Å². The van der Waals surface area contributed by atoms with Gasteiger partial charge in [0.2, 0.25) is 6.41 Å². The molecule has 1 aliphatic heterocycles. The molecule has 1 aromatic heterocycles. The number of rotatable bonds is 7. The first-order chi connectivity index (χ1) is 9.72. The molecule has 1 aromatic rings. The summed E-state index contributed by atoms with van der Waals surface area (Å²) in [5, 5.41) is 3.08. The first kappa shape index (κ1) is 14.7. The first-order valence-corrected chi connectivity index (χ1v) is 6.84. The fraction of sp³-hybridized carbons (Fsp3) is 0.571. The van der Waals surface area contributed by atoms with E-state index in [4.69, 9.17) is 4.74 Å². The third-order valence-corrected chi connectivity index (χ3v) is 3.48. The summed E-state index contributed by atoms with van der Waals surface area (Å²) in [6.07, 6.45) is 4.91. The summed E-state index contributed by atoms with van der Waals surface area (Å²) in [6.45, 7) is 2.37. The van der Waals surface area contributed by atoms with Crippen LogP contribution in [-0.4, -0.2) is 54.7 Å². The second-order valence-corrected chi connectivity index (χ2v) is 5.00. The highest BCUT2D eigenvalue weighted by atomic mass is 19.1. The summed E-state index contributed by atoms with van der Waals surface area (Å²) in [6, 6.07) is 3.57. The van der Waals surface area contributed by atoms with Crippen LogP contribution in [0, 0.1) is 0 Å². The van der Waals surface area contributed by atoms with Gasteiger partial charge in [-0.3, -0.25) is 9.78 Å². The Morgan fingerprint density at radius 3 is 2.75 bits per heavy atom. The van der Waals surface area contributed by atoms with E-state index in [0.29, 0.717) is 45.6 Å². The van der Waals surface area contributed by atoms with Crippen LogP contribution in [0.1, 0.15) is 12.8 Å². The zero-order valence-corrected chi connectivity index (χ0v) is 11.4. The Bertz CT molecular complexity index is 408. The quantitative estimate of drug-likeness (QED) is 0.598. The van der Waals surface area contributed by atoms with Gasteiger partial charge < -0.3 is 15.0 Å². The van der Waals surface area contributed by atoms with E-state index in [9.17, 15) is 9.18 Å². The Kier molecular flexibility index (Phi) is 5.29. The molecule has 20 heavy (non-hydrogen) atoms. The average molecular weight is 281 g/mol. The number of pyridine rings is 1. The number of piperidine rings is 1. The second kappa shape index (κ2) is 7.19. The topological polar surface area (TPSA) is 54.5 Å². The number of nitrogens with one attached hydrogen (secondary N) is 1. The molecular weight excluding hydrogens is 261 g/mol. The molecule has 0 unspecified atom stereocenters. The van der Waals surface area contributed by atoms with Gasteiger partial charge in [0.25, 0.3) is 0 Å². The lowest BCUT2D eigenvalue weighted by Gasteiger charge is -2.34. The SMILES string of the molecule is O=CN1CCC(F)(CNCCOc2ccncc2)CC1. The van der Waals surface area contributed by atoms with Gasteiger partial charge in [0.1, 0.15) is 18.0 Å². The van der Waals surface area contributed by atoms with E-state index in [2.05, 4.69) is 10.3 Å². The minimum absolute atomic E-state index is 0.305. The maximum atomic E-state index is 14.4. The summed E-state index contributed by atoms with van der Waals surface area (Å²) in [7, 11) is 0. The number of carbonyl (C=O) groups is 1. The number of alkyl halides is 1. The van der Waals surface area contributed by atoms with Gasteiger partial charge in [-0.2, -0.15) is 0 Å². The number of likely N-dealkylation sites (tertiary alicyclic amines) is 1. The van der Waals surface area contributed by atoms with Crippen LogP contribution in [0.25, 0.3) is 0 Å². The number of ether oxygens (including phenoxy) is 1. The highest BCUT2D eigenvalue weighted by Gasteiger charge is 2.33. The molecule has 2 heterocycles. The Balaban J connectivity index is 1.60. The maximum absolute atomic E-state index is 14.4. The highest BCUT2D eigenvalue weighted by molar-refractivity contribution is 5.47. The summed E-state index contributed by atoms with van der Waals surface area (Å²) >= 11 is 0. The van der Waals surface area contributed by atoms with Crippen molar-refractivity contribution in [2.75, 3.05) is 32.8 Å². The van der Waals surface area contributed by atoms with Crippen molar-refractivity contribution in [1.29, 1.82) is 0 Å². The van der Waals surface area contributed by atoms with Gasteiger partial charge >= 0.3 is 0 Å². The van der Waals surface area contributed by atoms with Gasteiger partial charge in [-0.25, -0.2) is 4.39 Å². The molecule has 2 rings (SSSR count). The van der Waals surface area contributed by atoms with Crippen molar-refractivity contribution < 1.29 is 13.9 Å². The highest BCUT2D eigenvalue weighted by Crippen LogP contribution is 2.25. The molecule has 1 amide bonds. The first-order valence-electron chi connectivity index (χ1n) is 6.84. The van der Waals surface area contributed by atoms with E-state index < -0.39 is 5.67 Å². The van der Waals surface area contributed by atoms with Crippen LogP contribution < -0.4 is 10.1 Å². The smallest absolute Gasteiger partial charge is 0.209 e. The predicted octanol–water partition coefficient (Wildman–Crippen LogP) is 1.01. The molecule has 110 valence electrons. The third kappa shape index (κ3) is 4.45. The average Bonchev–Trinajstić information content (AvgIpc) is 2.49. The van der Waals surface area contributed by atoms with Crippen molar-refractivity contribution in [2.24, 2.45) is 0 Å². The van der Waals surface area contributed by atoms with Gasteiger partial charge in [-0.05, 0) is 12.1 Å². The van der Waals surface area contributed by atoms with Crippen LogP contribution in [-0.2, 0) is 4.79 Å². The Morgan fingerprint density at radius 2 is 2.10 bits per heavy atom. The molecule has 0 spiro atoms. The number of halogens is 1. The second-order valence-electron chi connectivity index (χ2n) is 5.00. The summed E-state index contributed by atoms with van der Waals surface area (Å²) < 4.78 is 19.9. The Labute approximate surface area is 118 Å². The van der Waals surface area contributed by atoms with E-state index in [-0.39, 0.29) is 0 Å². The standard InChI is InChI=1S/C14H20FN3O2/c15-14(3-8-18(12-19)9-4-14)11-17-7-10-20-13-1-5-16-6-2-13/h1-2,5-6,12,17H,3-4,7-11H2. The van der Waals surface area contributed by atoms with Crippen molar-refractivity contribution in [3.63, 3.8) is 0 Å². The largest absolute Gasteiger partial charge is 0.492 e. The fourth-order valence-electron chi connectivity index (χ4n) is 2.19. The van der Waals surface area contributed by atoms with E-state index >= 15 is 0 Å². The molecule has 0 radical (unpaired) electrons. The summed E-state index contributed by atoms with van der Waals surface area (Å²) in [5.74, 6) is 0.760. The number of amides is 1. The number of carbonyl (C=O) groups excluding carboxylic acids is 1. The molecule has 0 aliphatic carbocycles. The lowest BCUT2D eigenvalue weighted by Crippen LogP contribution is -2.47. The van der Waals surface area contributed by atoms with Gasteiger partial charge in [-0.15, -0.1) is 0 Å². The molecule has 1 saturated heterocycles. The molecule has 1 aliphatic rings. The van der Waals surface area contributed by atoms with Gasteiger partial charge in [0, 0.05) is 51.4 Å².